The van der Waals surface area contributed by atoms with Gasteiger partial charge in [0.05, 0.1) is 0 Å². The summed E-state index contributed by atoms with van der Waals surface area (Å²) in [6.07, 6.45) is 8.11. The topological polar surface area (TPSA) is 46.9 Å². The smallest absolute Gasteiger partial charge is 0.293 e. The third-order valence-electron chi connectivity index (χ3n) is 3.83. The van der Waals surface area contributed by atoms with E-state index in [0.29, 0.717) is 18.2 Å². The van der Waals surface area contributed by atoms with Crippen molar-refractivity contribution in [1.82, 2.24) is 9.55 Å². The molecule has 0 aromatic carbocycles. The summed E-state index contributed by atoms with van der Waals surface area (Å²) in [6.45, 7) is 3.35. The Morgan fingerprint density at radius 2 is 2.22 bits per heavy atom. The molecule has 4 nitrogen and oxygen atoms in total. The molecular weight excluding hydrogens is 250 g/mol. The van der Waals surface area contributed by atoms with Gasteiger partial charge in [-0.25, -0.2) is 4.98 Å². The second-order valence-corrected chi connectivity index (χ2v) is 5.33. The quantitative estimate of drug-likeness (QED) is 0.836. The summed E-state index contributed by atoms with van der Waals surface area (Å²) in [4.78, 5) is 16.1. The highest BCUT2D eigenvalue weighted by Gasteiger charge is 2.33. The van der Waals surface area contributed by atoms with Gasteiger partial charge in [-0.1, -0.05) is 12.8 Å². The number of hydrogen-bond donors (Lipinski definition) is 1. The van der Waals surface area contributed by atoms with Crippen LogP contribution >= 0.6 is 11.6 Å². The molecule has 1 N–H and O–H groups in total. The van der Waals surface area contributed by atoms with Crippen LogP contribution < -0.4 is 10.9 Å². The van der Waals surface area contributed by atoms with Crippen molar-refractivity contribution < 1.29 is 0 Å². The Morgan fingerprint density at radius 1 is 1.50 bits per heavy atom. The van der Waals surface area contributed by atoms with Gasteiger partial charge in [0.2, 0.25) is 0 Å². The average Bonchev–Trinajstić information content (AvgIpc) is 2.87. The number of alkyl halides is 1. The van der Waals surface area contributed by atoms with Gasteiger partial charge in [-0.05, 0) is 19.8 Å². The zero-order valence-corrected chi connectivity index (χ0v) is 11.5. The molecule has 0 amide bonds. The third kappa shape index (κ3) is 2.69. The summed E-state index contributed by atoms with van der Waals surface area (Å²) in [7, 11) is 0. The zero-order valence-electron chi connectivity index (χ0n) is 10.8. The second kappa shape index (κ2) is 5.74. The molecule has 1 heterocycles. The van der Waals surface area contributed by atoms with Crippen LogP contribution in [-0.4, -0.2) is 22.0 Å². The number of rotatable bonds is 5. The van der Waals surface area contributed by atoms with Crippen LogP contribution in [0.2, 0.25) is 0 Å². The highest BCUT2D eigenvalue weighted by molar-refractivity contribution is 6.18. The van der Waals surface area contributed by atoms with E-state index in [0.717, 1.165) is 19.4 Å². The van der Waals surface area contributed by atoms with Crippen LogP contribution in [0.15, 0.2) is 17.2 Å². The standard InChI is InChI=1S/C13H20ClN3O/c1-2-17-8-7-15-11(12(17)18)16-10-13(9-14)5-3-4-6-13/h7-8H,2-6,9-10H2,1H3,(H,15,16). The van der Waals surface area contributed by atoms with Gasteiger partial charge in [-0.2, -0.15) is 0 Å². The molecule has 1 fully saturated rings. The minimum atomic E-state index is -0.0530. The molecule has 1 aromatic heterocycles. The fraction of sp³-hybridized carbons (Fsp3) is 0.692. The number of aromatic nitrogens is 2. The van der Waals surface area contributed by atoms with Crippen molar-refractivity contribution in [1.29, 1.82) is 0 Å². The monoisotopic (exact) mass is 269 g/mol. The zero-order chi connectivity index (χ0) is 13.0. The Labute approximate surface area is 112 Å². The molecule has 18 heavy (non-hydrogen) atoms. The SMILES string of the molecule is CCn1ccnc(NCC2(CCl)CCCC2)c1=O. The largest absolute Gasteiger partial charge is 0.365 e. The molecule has 0 bridgehead atoms. The van der Waals surface area contributed by atoms with Crippen molar-refractivity contribution in [2.45, 2.75) is 39.2 Å². The maximum Gasteiger partial charge on any atom is 0.293 e. The molecule has 1 aromatic rings. The molecule has 5 heteroatoms. The van der Waals surface area contributed by atoms with E-state index in [1.165, 1.54) is 12.8 Å². The van der Waals surface area contributed by atoms with Crippen molar-refractivity contribution >= 4 is 17.4 Å². The van der Waals surface area contributed by atoms with Crippen molar-refractivity contribution in [3.05, 3.63) is 22.7 Å². The Kier molecular flexibility index (Phi) is 4.27. The van der Waals surface area contributed by atoms with E-state index in [1.54, 1.807) is 17.0 Å². The van der Waals surface area contributed by atoms with E-state index in [-0.39, 0.29) is 11.0 Å². The Morgan fingerprint density at radius 3 is 2.83 bits per heavy atom. The Balaban J connectivity index is 2.08. The van der Waals surface area contributed by atoms with Crippen LogP contribution in [0.3, 0.4) is 0 Å². The van der Waals surface area contributed by atoms with E-state index < -0.39 is 0 Å². The van der Waals surface area contributed by atoms with E-state index in [2.05, 4.69) is 10.3 Å². The predicted molar refractivity (Wildman–Crippen MR) is 74.3 cm³/mol. The van der Waals surface area contributed by atoms with Gasteiger partial charge in [0.1, 0.15) is 0 Å². The van der Waals surface area contributed by atoms with Crippen LogP contribution in [0.4, 0.5) is 5.82 Å². The predicted octanol–water partition coefficient (Wildman–Crippen LogP) is 2.47. The summed E-state index contributed by atoms with van der Waals surface area (Å²) in [5.41, 5.74) is 0.0884. The molecule has 0 radical (unpaired) electrons. The lowest BCUT2D eigenvalue weighted by Gasteiger charge is -2.26. The molecule has 1 aliphatic carbocycles. The van der Waals surface area contributed by atoms with Gasteiger partial charge in [0.25, 0.3) is 5.56 Å². The van der Waals surface area contributed by atoms with Gasteiger partial charge in [0, 0.05) is 36.8 Å². The normalized spacial score (nSPS) is 17.9. The molecule has 0 spiro atoms. The van der Waals surface area contributed by atoms with E-state index >= 15 is 0 Å². The van der Waals surface area contributed by atoms with Crippen molar-refractivity contribution in [3.63, 3.8) is 0 Å². The van der Waals surface area contributed by atoms with E-state index in [1.807, 2.05) is 6.92 Å². The van der Waals surface area contributed by atoms with Crippen LogP contribution in [0.1, 0.15) is 32.6 Å². The first-order valence-electron chi connectivity index (χ1n) is 6.56. The number of hydrogen-bond acceptors (Lipinski definition) is 3. The van der Waals surface area contributed by atoms with Crippen molar-refractivity contribution in [2.75, 3.05) is 17.7 Å². The first-order valence-corrected chi connectivity index (χ1v) is 7.09. The molecule has 2 rings (SSSR count). The highest BCUT2D eigenvalue weighted by atomic mass is 35.5. The summed E-state index contributed by atoms with van der Waals surface area (Å²) in [6, 6.07) is 0. The lowest BCUT2D eigenvalue weighted by molar-refractivity contribution is 0.368. The molecule has 0 saturated heterocycles. The molecule has 1 saturated carbocycles. The molecule has 1 aliphatic rings. The van der Waals surface area contributed by atoms with Gasteiger partial charge in [0.15, 0.2) is 5.82 Å². The second-order valence-electron chi connectivity index (χ2n) is 5.06. The van der Waals surface area contributed by atoms with E-state index in [9.17, 15) is 4.79 Å². The van der Waals surface area contributed by atoms with Crippen LogP contribution in [0, 0.1) is 5.41 Å². The molecule has 0 aliphatic heterocycles. The molecule has 0 unspecified atom stereocenters. The maximum absolute atomic E-state index is 12.0. The van der Waals surface area contributed by atoms with Crippen LogP contribution in [0.5, 0.6) is 0 Å². The maximum atomic E-state index is 12.0. The van der Waals surface area contributed by atoms with Gasteiger partial charge in [-0.15, -0.1) is 11.6 Å². The Bertz CT molecular complexity index is 452. The van der Waals surface area contributed by atoms with Gasteiger partial charge < -0.3 is 9.88 Å². The van der Waals surface area contributed by atoms with Crippen LogP contribution in [0.25, 0.3) is 0 Å². The lowest BCUT2D eigenvalue weighted by atomic mass is 9.88. The average molecular weight is 270 g/mol. The van der Waals surface area contributed by atoms with Gasteiger partial charge >= 0.3 is 0 Å². The molecular formula is C13H20ClN3O. The summed E-state index contributed by atoms with van der Waals surface area (Å²) < 4.78 is 1.65. The number of anilines is 1. The first kappa shape index (κ1) is 13.4. The number of nitrogens with one attached hydrogen (secondary N) is 1. The first-order chi connectivity index (χ1) is 8.71. The minimum Gasteiger partial charge on any atom is -0.365 e. The molecule has 0 atom stereocenters. The fourth-order valence-corrected chi connectivity index (χ4v) is 2.93. The number of nitrogens with zero attached hydrogens (tertiary/aromatic N) is 2. The highest BCUT2D eigenvalue weighted by Crippen LogP contribution is 2.38. The number of halogens is 1. The fourth-order valence-electron chi connectivity index (χ4n) is 2.57. The van der Waals surface area contributed by atoms with Crippen molar-refractivity contribution in [2.24, 2.45) is 5.41 Å². The van der Waals surface area contributed by atoms with E-state index in [4.69, 9.17) is 11.6 Å². The Hall–Kier alpha value is -1.03. The number of aryl methyl sites for hydroxylation is 1. The molecule has 100 valence electrons. The van der Waals surface area contributed by atoms with Gasteiger partial charge in [-0.3, -0.25) is 4.79 Å². The summed E-state index contributed by atoms with van der Waals surface area (Å²) in [5.74, 6) is 1.09. The minimum absolute atomic E-state index is 0.0530. The summed E-state index contributed by atoms with van der Waals surface area (Å²) in [5, 5.41) is 3.19. The third-order valence-corrected chi connectivity index (χ3v) is 4.40. The van der Waals surface area contributed by atoms with Crippen LogP contribution in [-0.2, 0) is 6.54 Å². The van der Waals surface area contributed by atoms with Crippen molar-refractivity contribution in [3.8, 4) is 0 Å². The lowest BCUT2D eigenvalue weighted by Crippen LogP contribution is -2.32. The summed E-state index contributed by atoms with van der Waals surface area (Å²) >= 11 is 6.09.